The fourth-order valence-electron chi connectivity index (χ4n) is 7.96. The molecule has 0 atom stereocenters. The molecule has 4 aromatic carbocycles. The van der Waals surface area contributed by atoms with Crippen LogP contribution in [0.2, 0.25) is 0 Å². The smallest absolute Gasteiger partial charge is 0.322 e. The SMILES string of the molecule is O=C(Nc1ccc(-c2n[nH]c(=O)c3ccccc23)cc1)c1cnn(CC(F)(F)C(F)F)c1.O=C(Nc1ccc(-c2nn(C(C3CC3)C3CC3)c(=O)c3ccccc23)cc1)c1cn[nH]c1.O=S(=O)(OCC(F)(F)C(F)F)C(F)(F)F. The van der Waals surface area contributed by atoms with Gasteiger partial charge in [0.15, 0.2) is 0 Å². The van der Waals surface area contributed by atoms with Crippen molar-refractivity contribution in [2.75, 3.05) is 17.2 Å². The molecule has 0 saturated heterocycles. The van der Waals surface area contributed by atoms with Gasteiger partial charge < -0.3 is 10.6 Å². The number of fused-ring (bicyclic) bond motifs is 2. The van der Waals surface area contributed by atoms with Crippen LogP contribution >= 0.6 is 0 Å². The third-order valence-corrected chi connectivity index (χ3v) is 13.2. The Morgan fingerprint density at radius 1 is 0.671 bits per heavy atom. The Morgan fingerprint density at radius 3 is 1.68 bits per heavy atom. The van der Waals surface area contributed by atoms with Crippen molar-refractivity contribution in [3.63, 3.8) is 0 Å². The number of alkyl halides is 11. The molecule has 2 aliphatic carbocycles. The number of carbonyl (C=O) groups excluding carboxylic acids is 2. The predicted molar refractivity (Wildman–Crippen MR) is 263 cm³/mol. The standard InChI is InChI=1S/C25H23N5O2.C21H15F4N5O2.C4H3F7O3S/c31-24(18-13-26-27-14-18)28-19-11-9-15(10-12-19)22-20-3-1-2-4-21(20)25(32)30(29-22)23(16-5-6-16)17-7-8-17;22-20(23)21(24,25)11-30-10-13(9-26-30)18(31)27-14-7-5-12(6-8-14)17-15-3-1-2-4-16(15)19(32)29-28-17;5-2(6)3(7,8)1-14-15(12,13)4(9,10)11/h1-4,9-14,16-17,23H,5-8H2,(H,26,27)(H,28,31);1-10,20H,11H2,(H,27,31)(H,29,32);2H,1H2. The number of rotatable bonds is 16. The van der Waals surface area contributed by atoms with E-state index in [9.17, 15) is 75.9 Å². The summed E-state index contributed by atoms with van der Waals surface area (Å²) in [5.74, 6) is -8.94. The number of amides is 2. The maximum absolute atomic E-state index is 13.4. The number of nitrogens with one attached hydrogen (secondary N) is 4. The van der Waals surface area contributed by atoms with E-state index in [4.69, 9.17) is 5.10 Å². The zero-order valence-corrected chi connectivity index (χ0v) is 41.1. The number of H-pyrrole nitrogens is 2. The van der Waals surface area contributed by atoms with E-state index in [2.05, 4.69) is 40.3 Å². The zero-order valence-electron chi connectivity index (χ0n) is 40.3. The minimum absolute atomic E-state index is 0.0112. The molecule has 416 valence electrons. The van der Waals surface area contributed by atoms with Crippen molar-refractivity contribution >= 4 is 54.9 Å². The average Bonchev–Trinajstić information content (AvgIpc) is 4.48. The highest BCUT2D eigenvalue weighted by atomic mass is 32.2. The summed E-state index contributed by atoms with van der Waals surface area (Å²) >= 11 is 0. The second-order valence-corrected chi connectivity index (χ2v) is 19.6. The Hall–Kier alpha value is -8.34. The molecular weight excluding hydrogens is 1090 g/mol. The van der Waals surface area contributed by atoms with Crippen LogP contribution < -0.4 is 21.8 Å². The molecular formula is C50H41F11N10O7S. The van der Waals surface area contributed by atoms with Gasteiger partial charge in [-0.2, -0.15) is 59.5 Å². The summed E-state index contributed by atoms with van der Waals surface area (Å²) in [6, 6.07) is 29.1. The van der Waals surface area contributed by atoms with E-state index in [-0.39, 0.29) is 28.6 Å². The lowest BCUT2D eigenvalue weighted by atomic mass is 10.0. The number of hydrogen-bond donors (Lipinski definition) is 4. The van der Waals surface area contributed by atoms with E-state index in [1.165, 1.54) is 31.9 Å². The number of aromatic amines is 2. The van der Waals surface area contributed by atoms with Crippen molar-refractivity contribution in [1.82, 2.24) is 40.0 Å². The van der Waals surface area contributed by atoms with E-state index in [0.29, 0.717) is 60.9 Å². The van der Waals surface area contributed by atoms with Gasteiger partial charge in [-0.05, 0) is 73.9 Å². The molecule has 4 N–H and O–H groups in total. The maximum Gasteiger partial charge on any atom is 0.523 e. The number of anilines is 2. The monoisotopic (exact) mass is 1130 g/mol. The van der Waals surface area contributed by atoms with Crippen molar-refractivity contribution < 1.29 is 70.5 Å². The van der Waals surface area contributed by atoms with Gasteiger partial charge in [0, 0.05) is 45.7 Å². The number of carbonyl (C=O) groups is 2. The fraction of sp³-hybridized carbons (Fsp3) is 0.280. The summed E-state index contributed by atoms with van der Waals surface area (Å²) in [6.45, 7) is -3.90. The summed E-state index contributed by atoms with van der Waals surface area (Å²) in [6.07, 6.45) is 1.60. The summed E-state index contributed by atoms with van der Waals surface area (Å²) in [5, 5.41) is 29.6. The van der Waals surface area contributed by atoms with Crippen LogP contribution in [0.15, 0.2) is 131 Å². The van der Waals surface area contributed by atoms with Crippen LogP contribution in [-0.2, 0) is 20.8 Å². The molecule has 17 nitrogen and oxygen atoms in total. The van der Waals surface area contributed by atoms with Gasteiger partial charge >= 0.3 is 40.3 Å². The Bertz CT molecular complexity index is 3690. The Balaban J connectivity index is 0.000000167. The van der Waals surface area contributed by atoms with Gasteiger partial charge in [-0.3, -0.25) is 33.1 Å². The summed E-state index contributed by atoms with van der Waals surface area (Å²) in [5.41, 5.74) is -1.75. The first-order valence-electron chi connectivity index (χ1n) is 23.4. The molecule has 0 radical (unpaired) electrons. The largest absolute Gasteiger partial charge is 0.523 e. The molecule has 8 aromatic rings. The fourth-order valence-corrected chi connectivity index (χ4v) is 8.40. The molecule has 2 amide bonds. The van der Waals surface area contributed by atoms with Gasteiger partial charge in [0.25, 0.3) is 22.9 Å². The quantitative estimate of drug-likeness (QED) is 0.0404. The Labute approximate surface area is 437 Å². The van der Waals surface area contributed by atoms with Gasteiger partial charge in [0.05, 0.1) is 51.7 Å². The minimum Gasteiger partial charge on any atom is -0.322 e. The van der Waals surface area contributed by atoms with E-state index >= 15 is 0 Å². The summed E-state index contributed by atoms with van der Waals surface area (Å²) in [7, 11) is -6.28. The van der Waals surface area contributed by atoms with Crippen LogP contribution in [0.3, 0.4) is 0 Å². The van der Waals surface area contributed by atoms with Gasteiger partial charge in [-0.15, -0.1) is 0 Å². The molecule has 10 rings (SSSR count). The molecule has 0 unspecified atom stereocenters. The van der Waals surface area contributed by atoms with Crippen molar-refractivity contribution in [2.45, 2.75) is 68.5 Å². The summed E-state index contributed by atoms with van der Waals surface area (Å²) in [4.78, 5) is 49.9. The third kappa shape index (κ3) is 13.5. The summed E-state index contributed by atoms with van der Waals surface area (Å²) < 4.78 is 157. The van der Waals surface area contributed by atoms with Crippen molar-refractivity contribution in [2.24, 2.45) is 11.8 Å². The van der Waals surface area contributed by atoms with Gasteiger partial charge in [-0.1, -0.05) is 60.7 Å². The van der Waals surface area contributed by atoms with E-state index < -0.39 is 59.4 Å². The second-order valence-electron chi connectivity index (χ2n) is 18.0. The molecule has 4 heterocycles. The number of benzene rings is 4. The molecule has 2 aliphatic rings. The molecule has 2 fully saturated rings. The van der Waals surface area contributed by atoms with Crippen LogP contribution in [0, 0.1) is 11.8 Å². The normalized spacial score (nSPS) is 14.0. The average molecular weight is 1130 g/mol. The zero-order chi connectivity index (χ0) is 57.0. The molecule has 0 spiro atoms. The topological polar surface area (TPSA) is 229 Å². The van der Waals surface area contributed by atoms with Crippen LogP contribution in [0.25, 0.3) is 44.1 Å². The van der Waals surface area contributed by atoms with Crippen LogP contribution in [0.5, 0.6) is 0 Å². The third-order valence-electron chi connectivity index (χ3n) is 12.2. The van der Waals surface area contributed by atoms with Crippen LogP contribution in [0.1, 0.15) is 52.4 Å². The van der Waals surface area contributed by atoms with Crippen LogP contribution in [0.4, 0.5) is 59.7 Å². The van der Waals surface area contributed by atoms with Gasteiger partial charge in [0.1, 0.15) is 13.2 Å². The van der Waals surface area contributed by atoms with Gasteiger partial charge in [-0.25, -0.2) is 27.3 Å². The molecule has 0 aliphatic heterocycles. The minimum atomic E-state index is -6.28. The first-order valence-corrected chi connectivity index (χ1v) is 24.9. The first-order chi connectivity index (χ1) is 37.3. The molecule has 79 heavy (non-hydrogen) atoms. The lowest BCUT2D eigenvalue weighted by Crippen LogP contribution is -2.36. The van der Waals surface area contributed by atoms with E-state index in [1.54, 1.807) is 59.4 Å². The molecule has 0 bridgehead atoms. The Morgan fingerprint density at radius 2 is 1.18 bits per heavy atom. The van der Waals surface area contributed by atoms with Crippen molar-refractivity contribution in [3.8, 4) is 22.5 Å². The van der Waals surface area contributed by atoms with E-state index in [1.807, 2.05) is 48.5 Å². The highest BCUT2D eigenvalue weighted by Gasteiger charge is 2.51. The van der Waals surface area contributed by atoms with Crippen LogP contribution in [-0.4, -0.2) is 97.0 Å². The lowest BCUT2D eigenvalue weighted by Gasteiger charge is -2.20. The number of halogens is 11. The Kier molecular flexibility index (Phi) is 16.5. The van der Waals surface area contributed by atoms with Crippen molar-refractivity contribution in [1.29, 1.82) is 0 Å². The van der Waals surface area contributed by atoms with Gasteiger partial charge in [0.2, 0.25) is 0 Å². The highest BCUT2D eigenvalue weighted by Crippen LogP contribution is 2.51. The predicted octanol–water partition coefficient (Wildman–Crippen LogP) is 10.1. The highest BCUT2D eigenvalue weighted by molar-refractivity contribution is 7.87. The first kappa shape index (κ1) is 56.9. The second kappa shape index (κ2) is 22.9. The molecule has 4 aromatic heterocycles. The number of hydrogen-bond acceptors (Lipinski definition) is 11. The number of nitrogens with zero attached hydrogens (tertiary/aromatic N) is 6. The molecule has 29 heteroatoms. The van der Waals surface area contributed by atoms with E-state index in [0.717, 1.165) is 29.0 Å². The lowest BCUT2D eigenvalue weighted by molar-refractivity contribution is -0.150. The number of aromatic nitrogens is 8. The molecule has 2 saturated carbocycles. The van der Waals surface area contributed by atoms with Crippen molar-refractivity contribution in [3.05, 3.63) is 154 Å². The maximum atomic E-state index is 13.4.